The van der Waals surface area contributed by atoms with E-state index in [1.54, 1.807) is 27.7 Å². The third-order valence-electron chi connectivity index (χ3n) is 1.80. The van der Waals surface area contributed by atoms with Crippen molar-refractivity contribution >= 4 is 12.4 Å². The minimum Gasteiger partial charge on any atom is -0.444 e. The van der Waals surface area contributed by atoms with Crippen LogP contribution in [0.5, 0.6) is 0 Å². The third kappa shape index (κ3) is 11.2. The van der Waals surface area contributed by atoms with E-state index in [4.69, 9.17) is 9.47 Å². The molecule has 0 aliphatic heterocycles. The van der Waals surface area contributed by atoms with Crippen molar-refractivity contribution in [3.63, 3.8) is 0 Å². The van der Waals surface area contributed by atoms with Gasteiger partial charge in [-0.1, -0.05) is 0 Å². The zero-order chi connectivity index (χ0) is 13.3. The van der Waals surface area contributed by atoms with E-state index in [9.17, 15) is 9.59 Å². The molecule has 0 radical (unpaired) electrons. The molecule has 1 amide bonds. The van der Waals surface area contributed by atoms with Gasteiger partial charge in [-0.05, 0) is 40.5 Å². The lowest BCUT2D eigenvalue weighted by Crippen LogP contribution is -2.39. The first-order valence-corrected chi connectivity index (χ1v) is 5.90. The fourth-order valence-electron chi connectivity index (χ4n) is 1.11. The molecule has 1 atom stereocenters. The number of hydrogen-bond donors (Lipinski definition) is 1. The van der Waals surface area contributed by atoms with Gasteiger partial charge in [-0.2, -0.15) is 0 Å². The van der Waals surface area contributed by atoms with Crippen molar-refractivity contribution in [2.45, 2.75) is 58.8 Å². The van der Waals surface area contributed by atoms with Crippen molar-refractivity contribution in [3.05, 3.63) is 0 Å². The van der Waals surface area contributed by atoms with Gasteiger partial charge in [0.25, 0.3) is 0 Å². The van der Waals surface area contributed by atoms with Gasteiger partial charge in [0.05, 0.1) is 0 Å². The number of unbranched alkanes of at least 4 members (excludes halogenated alkanes) is 2. The molecule has 17 heavy (non-hydrogen) atoms. The quantitative estimate of drug-likeness (QED) is 0.424. The maximum absolute atomic E-state index is 11.3. The largest absolute Gasteiger partial charge is 0.444 e. The van der Waals surface area contributed by atoms with Crippen LogP contribution in [0.3, 0.4) is 0 Å². The summed E-state index contributed by atoms with van der Waals surface area (Å²) in [5.41, 5.74) is -0.506. The SMILES string of the molecule is CC(NC(=O)OC(C)(C)C)OCCCCC=O. The van der Waals surface area contributed by atoms with E-state index in [0.29, 0.717) is 13.0 Å². The summed E-state index contributed by atoms with van der Waals surface area (Å²) in [7, 11) is 0. The molecule has 0 aliphatic rings. The lowest BCUT2D eigenvalue weighted by Gasteiger charge is -2.22. The number of nitrogens with one attached hydrogen (secondary N) is 1. The smallest absolute Gasteiger partial charge is 0.409 e. The predicted octanol–water partition coefficient (Wildman–Crippen LogP) is 2.24. The first-order chi connectivity index (χ1) is 7.85. The molecule has 0 rings (SSSR count). The molecular formula is C12H23NO4. The van der Waals surface area contributed by atoms with E-state index in [-0.39, 0.29) is 6.23 Å². The molecule has 0 bridgehead atoms. The Hall–Kier alpha value is -1.10. The van der Waals surface area contributed by atoms with Gasteiger partial charge in [-0.3, -0.25) is 5.32 Å². The fourth-order valence-corrected chi connectivity index (χ4v) is 1.11. The van der Waals surface area contributed by atoms with Gasteiger partial charge >= 0.3 is 6.09 Å². The molecule has 0 aromatic carbocycles. The number of ether oxygens (including phenoxy) is 2. The van der Waals surface area contributed by atoms with Crippen LogP contribution in [0.2, 0.25) is 0 Å². The molecule has 0 saturated heterocycles. The molecule has 0 aliphatic carbocycles. The van der Waals surface area contributed by atoms with Crippen molar-refractivity contribution in [1.29, 1.82) is 0 Å². The summed E-state index contributed by atoms with van der Waals surface area (Å²) in [6.07, 6.45) is 2.18. The molecule has 0 aromatic rings. The Balaban J connectivity index is 3.60. The average molecular weight is 245 g/mol. The Kier molecular flexibility index (Phi) is 7.54. The third-order valence-corrected chi connectivity index (χ3v) is 1.80. The van der Waals surface area contributed by atoms with Gasteiger partial charge in [0, 0.05) is 13.0 Å². The second-order valence-electron chi connectivity index (χ2n) is 4.82. The van der Waals surface area contributed by atoms with E-state index < -0.39 is 11.7 Å². The summed E-state index contributed by atoms with van der Waals surface area (Å²) in [5, 5.41) is 2.57. The van der Waals surface area contributed by atoms with Crippen LogP contribution in [0, 0.1) is 0 Å². The van der Waals surface area contributed by atoms with Gasteiger partial charge in [0.1, 0.15) is 18.1 Å². The molecule has 0 spiro atoms. The van der Waals surface area contributed by atoms with Gasteiger partial charge < -0.3 is 14.3 Å². The van der Waals surface area contributed by atoms with Crippen molar-refractivity contribution in [1.82, 2.24) is 5.32 Å². The fraction of sp³-hybridized carbons (Fsp3) is 0.833. The van der Waals surface area contributed by atoms with Crippen LogP contribution in [-0.2, 0) is 14.3 Å². The average Bonchev–Trinajstić information content (AvgIpc) is 2.14. The lowest BCUT2D eigenvalue weighted by atomic mass is 10.2. The number of aldehydes is 1. The van der Waals surface area contributed by atoms with E-state index >= 15 is 0 Å². The molecule has 100 valence electrons. The topological polar surface area (TPSA) is 64.6 Å². The summed E-state index contributed by atoms with van der Waals surface area (Å²) >= 11 is 0. The zero-order valence-electron chi connectivity index (χ0n) is 11.1. The van der Waals surface area contributed by atoms with Crippen molar-refractivity contribution in [2.75, 3.05) is 6.61 Å². The highest BCUT2D eigenvalue weighted by Crippen LogP contribution is 2.06. The second kappa shape index (κ2) is 8.06. The first kappa shape index (κ1) is 15.9. The molecule has 1 N–H and O–H groups in total. The summed E-state index contributed by atoms with van der Waals surface area (Å²) in [6, 6.07) is 0. The Morgan fingerprint density at radius 1 is 1.35 bits per heavy atom. The zero-order valence-corrected chi connectivity index (χ0v) is 11.1. The van der Waals surface area contributed by atoms with Crippen LogP contribution in [0.25, 0.3) is 0 Å². The highest BCUT2D eigenvalue weighted by atomic mass is 16.6. The van der Waals surface area contributed by atoms with E-state index in [0.717, 1.165) is 19.1 Å². The van der Waals surface area contributed by atoms with E-state index in [1.165, 1.54) is 0 Å². The summed E-state index contributed by atoms with van der Waals surface area (Å²) < 4.78 is 10.4. The van der Waals surface area contributed by atoms with Gasteiger partial charge in [-0.25, -0.2) is 4.79 Å². The van der Waals surface area contributed by atoms with Crippen molar-refractivity contribution in [3.8, 4) is 0 Å². The number of alkyl carbamates (subject to hydrolysis) is 1. The Morgan fingerprint density at radius 2 is 2.00 bits per heavy atom. The monoisotopic (exact) mass is 245 g/mol. The van der Waals surface area contributed by atoms with Crippen LogP contribution in [0.4, 0.5) is 4.79 Å². The van der Waals surface area contributed by atoms with Gasteiger partial charge in [0.15, 0.2) is 0 Å². The van der Waals surface area contributed by atoms with Crippen LogP contribution in [0.1, 0.15) is 47.0 Å². The van der Waals surface area contributed by atoms with Crippen LogP contribution in [-0.4, -0.2) is 30.8 Å². The molecule has 0 saturated carbocycles. The maximum atomic E-state index is 11.3. The van der Waals surface area contributed by atoms with Gasteiger partial charge in [0.2, 0.25) is 0 Å². The molecule has 5 nitrogen and oxygen atoms in total. The standard InChI is InChI=1S/C12H23NO4/c1-10(16-9-7-5-6-8-14)13-11(15)17-12(2,3)4/h8,10H,5-7,9H2,1-4H3,(H,13,15). The summed E-state index contributed by atoms with van der Waals surface area (Å²) in [6.45, 7) is 7.67. The number of carbonyl (C=O) groups excluding carboxylic acids is 2. The van der Waals surface area contributed by atoms with Gasteiger partial charge in [-0.15, -0.1) is 0 Å². The predicted molar refractivity (Wildman–Crippen MR) is 64.7 cm³/mol. The minimum absolute atomic E-state index is 0.388. The molecular weight excluding hydrogens is 222 g/mol. The molecule has 0 fully saturated rings. The number of amides is 1. The number of hydrogen-bond acceptors (Lipinski definition) is 4. The highest BCUT2D eigenvalue weighted by molar-refractivity contribution is 5.67. The molecule has 5 heteroatoms. The number of rotatable bonds is 7. The van der Waals surface area contributed by atoms with Crippen LogP contribution < -0.4 is 5.32 Å². The van der Waals surface area contributed by atoms with E-state index in [1.807, 2.05) is 0 Å². The Morgan fingerprint density at radius 3 is 2.53 bits per heavy atom. The van der Waals surface area contributed by atoms with Crippen LogP contribution >= 0.6 is 0 Å². The first-order valence-electron chi connectivity index (χ1n) is 5.90. The Labute approximate surface area is 103 Å². The normalized spacial score (nSPS) is 12.9. The lowest BCUT2D eigenvalue weighted by molar-refractivity contribution is -0.108. The van der Waals surface area contributed by atoms with Crippen LogP contribution in [0.15, 0.2) is 0 Å². The second-order valence-corrected chi connectivity index (χ2v) is 4.82. The van der Waals surface area contributed by atoms with Crippen molar-refractivity contribution in [2.24, 2.45) is 0 Å². The summed E-state index contributed by atoms with van der Waals surface area (Å²) in [4.78, 5) is 21.4. The van der Waals surface area contributed by atoms with E-state index in [2.05, 4.69) is 5.32 Å². The molecule has 0 aromatic heterocycles. The molecule has 0 heterocycles. The number of carbonyl (C=O) groups is 2. The Bertz CT molecular complexity index is 235. The van der Waals surface area contributed by atoms with Crippen molar-refractivity contribution < 1.29 is 19.1 Å². The highest BCUT2D eigenvalue weighted by Gasteiger charge is 2.17. The molecule has 1 unspecified atom stereocenters. The minimum atomic E-state index is -0.506. The maximum Gasteiger partial charge on any atom is 0.409 e. The summed E-state index contributed by atoms with van der Waals surface area (Å²) in [5.74, 6) is 0.